The van der Waals surface area contributed by atoms with Crippen molar-refractivity contribution in [1.29, 1.82) is 0 Å². The van der Waals surface area contributed by atoms with Gasteiger partial charge in [0.25, 0.3) is 5.24 Å². The van der Waals surface area contributed by atoms with Crippen LogP contribution in [0.2, 0.25) is 0 Å². The zero-order valence-corrected chi connectivity index (χ0v) is 14.9. The molecule has 1 aliphatic rings. The lowest BCUT2D eigenvalue weighted by atomic mass is 10.0. The molecule has 2 unspecified atom stereocenters. The fraction of sp³-hybridized carbons (Fsp3) is 0.200. The van der Waals surface area contributed by atoms with E-state index in [9.17, 15) is 9.59 Å². The summed E-state index contributed by atoms with van der Waals surface area (Å²) in [5.74, 6) is 0. The van der Waals surface area contributed by atoms with Gasteiger partial charge in [-0.1, -0.05) is 42.5 Å². The Hall–Kier alpha value is -2.57. The number of thioether (sulfide) groups is 1. The van der Waals surface area contributed by atoms with Crippen molar-refractivity contribution < 1.29 is 9.59 Å². The first-order valence-corrected chi connectivity index (χ1v) is 9.33. The van der Waals surface area contributed by atoms with E-state index in [-0.39, 0.29) is 16.4 Å². The van der Waals surface area contributed by atoms with Crippen molar-refractivity contribution in [3.63, 3.8) is 0 Å². The smallest absolute Gasteiger partial charge is 0.287 e. The van der Waals surface area contributed by atoms with Gasteiger partial charge in [0, 0.05) is 47.9 Å². The van der Waals surface area contributed by atoms with Crippen LogP contribution in [0.3, 0.4) is 0 Å². The van der Waals surface area contributed by atoms with E-state index in [1.54, 1.807) is 0 Å². The van der Waals surface area contributed by atoms with E-state index < -0.39 is 6.04 Å². The quantitative estimate of drug-likeness (QED) is 0.728. The molecule has 1 fully saturated rings. The molecule has 6 heteroatoms. The second-order valence-corrected chi connectivity index (χ2v) is 7.42. The average molecular weight is 365 g/mol. The van der Waals surface area contributed by atoms with Gasteiger partial charge in [-0.2, -0.15) is 0 Å². The lowest BCUT2D eigenvalue weighted by molar-refractivity contribution is -0.112. The number of nitrogens with two attached hydrogens (primary N) is 1. The molecule has 1 amide bonds. The summed E-state index contributed by atoms with van der Waals surface area (Å²) in [4.78, 5) is 23.3. The molecule has 0 radical (unpaired) electrons. The molecule has 0 bridgehead atoms. The molecular weight excluding hydrogens is 346 g/mol. The molecule has 0 aliphatic carbocycles. The number of carbonyl (C=O) groups excluding carboxylic acids is 2. The third kappa shape index (κ3) is 3.25. The third-order valence-corrected chi connectivity index (χ3v) is 5.51. The van der Waals surface area contributed by atoms with Crippen LogP contribution in [-0.4, -0.2) is 21.0 Å². The Labute approximate surface area is 155 Å². The highest BCUT2D eigenvalue weighted by Gasteiger charge is 2.31. The minimum absolute atomic E-state index is 0.0949. The first-order chi connectivity index (χ1) is 12.6. The SMILES string of the molecule is NC(Cn1ccc2c(CC3NC(=O)SC3=O)cccc21)c1ccccc1. The number of nitrogens with zero attached hydrogens (tertiary/aromatic N) is 1. The standard InChI is InChI=1S/C20H19N3O2S/c21-16(13-5-2-1-3-6-13)12-23-10-9-15-14(7-4-8-18(15)23)11-17-19(24)26-20(25)22-17/h1-10,16-17H,11-12,21H2,(H,22,25). The van der Waals surface area contributed by atoms with Crippen molar-refractivity contribution in [2.24, 2.45) is 5.73 Å². The highest BCUT2D eigenvalue weighted by atomic mass is 32.2. The van der Waals surface area contributed by atoms with E-state index in [1.807, 2.05) is 48.7 Å². The van der Waals surface area contributed by atoms with E-state index in [0.29, 0.717) is 13.0 Å². The minimum Gasteiger partial charge on any atom is -0.346 e. The van der Waals surface area contributed by atoms with E-state index in [2.05, 4.69) is 22.0 Å². The fourth-order valence-corrected chi connectivity index (χ4v) is 4.06. The van der Waals surface area contributed by atoms with Gasteiger partial charge in [0.05, 0.1) is 0 Å². The van der Waals surface area contributed by atoms with Crippen LogP contribution in [0, 0.1) is 0 Å². The normalized spacial score (nSPS) is 18.3. The van der Waals surface area contributed by atoms with Crippen LogP contribution in [0.1, 0.15) is 17.2 Å². The van der Waals surface area contributed by atoms with Crippen molar-refractivity contribution in [2.75, 3.05) is 0 Å². The molecule has 0 saturated carbocycles. The second kappa shape index (κ2) is 6.97. The number of amides is 1. The minimum atomic E-state index is -0.451. The molecule has 2 atom stereocenters. The monoisotopic (exact) mass is 365 g/mol. The maximum Gasteiger partial charge on any atom is 0.287 e. The molecule has 0 spiro atoms. The third-order valence-electron chi connectivity index (χ3n) is 4.72. The Morgan fingerprint density at radius 2 is 1.88 bits per heavy atom. The van der Waals surface area contributed by atoms with Crippen LogP contribution in [-0.2, 0) is 17.8 Å². The van der Waals surface area contributed by atoms with Crippen molar-refractivity contribution in [3.05, 3.63) is 71.9 Å². The van der Waals surface area contributed by atoms with Gasteiger partial charge in [0.2, 0.25) is 5.12 Å². The van der Waals surface area contributed by atoms with Crippen LogP contribution in [0.4, 0.5) is 4.79 Å². The van der Waals surface area contributed by atoms with Gasteiger partial charge in [0.1, 0.15) is 6.04 Å². The molecule has 132 valence electrons. The molecule has 26 heavy (non-hydrogen) atoms. The molecule has 2 heterocycles. The highest BCUT2D eigenvalue weighted by Crippen LogP contribution is 2.26. The van der Waals surface area contributed by atoms with Gasteiger partial charge >= 0.3 is 0 Å². The average Bonchev–Trinajstić information content (AvgIpc) is 3.19. The molecule has 2 aromatic carbocycles. The maximum absolute atomic E-state index is 11.9. The molecule has 1 saturated heterocycles. The largest absolute Gasteiger partial charge is 0.346 e. The fourth-order valence-electron chi connectivity index (χ4n) is 3.39. The molecule has 3 aromatic rings. The van der Waals surface area contributed by atoms with E-state index in [4.69, 9.17) is 5.73 Å². The van der Waals surface area contributed by atoms with Crippen molar-refractivity contribution in [1.82, 2.24) is 9.88 Å². The Bertz CT molecular complexity index is 968. The zero-order valence-electron chi connectivity index (χ0n) is 14.1. The molecule has 3 N–H and O–H groups in total. The Balaban J connectivity index is 1.59. The summed E-state index contributed by atoms with van der Waals surface area (Å²) in [5, 5.41) is 3.44. The molecule has 1 aromatic heterocycles. The Morgan fingerprint density at radius 1 is 1.08 bits per heavy atom. The first kappa shape index (κ1) is 16.9. The van der Waals surface area contributed by atoms with Gasteiger partial charge in [-0.3, -0.25) is 9.59 Å². The summed E-state index contributed by atoms with van der Waals surface area (Å²) in [6.07, 6.45) is 2.53. The number of nitrogens with one attached hydrogen (secondary N) is 1. The molecule has 1 aliphatic heterocycles. The van der Waals surface area contributed by atoms with Gasteiger partial charge in [0.15, 0.2) is 0 Å². The van der Waals surface area contributed by atoms with Gasteiger partial charge < -0.3 is 15.6 Å². The van der Waals surface area contributed by atoms with E-state index in [0.717, 1.165) is 33.8 Å². The topological polar surface area (TPSA) is 77.1 Å². The van der Waals surface area contributed by atoms with Crippen LogP contribution < -0.4 is 11.1 Å². The number of rotatable bonds is 5. The van der Waals surface area contributed by atoms with E-state index in [1.165, 1.54) is 0 Å². The summed E-state index contributed by atoms with van der Waals surface area (Å²) < 4.78 is 2.14. The zero-order chi connectivity index (χ0) is 18.1. The van der Waals surface area contributed by atoms with Crippen LogP contribution in [0.15, 0.2) is 60.8 Å². The van der Waals surface area contributed by atoms with Gasteiger partial charge in [-0.05, 0) is 23.3 Å². The summed E-state index contributed by atoms with van der Waals surface area (Å²) in [6.45, 7) is 0.673. The van der Waals surface area contributed by atoms with Crippen LogP contribution in [0.5, 0.6) is 0 Å². The predicted octanol–water partition coefficient (Wildman–Crippen LogP) is 3.24. The van der Waals surface area contributed by atoms with Gasteiger partial charge in [-0.25, -0.2) is 0 Å². The lowest BCUT2D eigenvalue weighted by Crippen LogP contribution is -2.30. The number of hydrogen-bond donors (Lipinski definition) is 2. The number of aromatic nitrogens is 1. The molecular formula is C20H19N3O2S. The Kier molecular flexibility index (Phi) is 4.53. The van der Waals surface area contributed by atoms with Crippen molar-refractivity contribution in [2.45, 2.75) is 25.0 Å². The maximum atomic E-state index is 11.9. The van der Waals surface area contributed by atoms with E-state index >= 15 is 0 Å². The summed E-state index contributed by atoms with van der Waals surface area (Å²) in [6, 6.07) is 17.6. The van der Waals surface area contributed by atoms with Crippen LogP contribution in [0.25, 0.3) is 10.9 Å². The first-order valence-electron chi connectivity index (χ1n) is 8.51. The molecule has 5 nitrogen and oxygen atoms in total. The van der Waals surface area contributed by atoms with Crippen molar-refractivity contribution >= 4 is 33.0 Å². The highest BCUT2D eigenvalue weighted by molar-refractivity contribution is 8.26. The summed E-state index contributed by atoms with van der Waals surface area (Å²) in [7, 11) is 0. The summed E-state index contributed by atoms with van der Waals surface area (Å²) >= 11 is 0.754. The summed E-state index contributed by atoms with van der Waals surface area (Å²) in [5.41, 5.74) is 9.60. The number of fused-ring (bicyclic) bond motifs is 1. The number of hydrogen-bond acceptors (Lipinski definition) is 4. The number of benzene rings is 2. The lowest BCUT2D eigenvalue weighted by Gasteiger charge is -2.15. The number of carbonyl (C=O) groups is 2. The second-order valence-electron chi connectivity index (χ2n) is 6.44. The van der Waals surface area contributed by atoms with Gasteiger partial charge in [-0.15, -0.1) is 0 Å². The van der Waals surface area contributed by atoms with Crippen LogP contribution >= 0.6 is 11.8 Å². The van der Waals surface area contributed by atoms with Crippen molar-refractivity contribution in [3.8, 4) is 0 Å². The molecule has 4 rings (SSSR count). The predicted molar refractivity (Wildman–Crippen MR) is 104 cm³/mol. The Morgan fingerprint density at radius 3 is 2.62 bits per heavy atom.